The lowest BCUT2D eigenvalue weighted by molar-refractivity contribution is 0.597. The Morgan fingerprint density at radius 3 is 1.90 bits per heavy atom. The molecule has 0 aromatic heterocycles. The fourth-order valence-electron chi connectivity index (χ4n) is 2.05. The van der Waals surface area contributed by atoms with Crippen molar-refractivity contribution >= 4 is 15.7 Å². The van der Waals surface area contributed by atoms with Gasteiger partial charge < -0.3 is 0 Å². The van der Waals surface area contributed by atoms with E-state index in [9.17, 15) is 17.2 Å². The average Bonchev–Trinajstić information content (AvgIpc) is 2.30. The van der Waals surface area contributed by atoms with E-state index < -0.39 is 21.7 Å². The largest absolute Gasteiger partial charge is 0.280 e. The molecule has 0 fully saturated rings. The van der Waals surface area contributed by atoms with Crippen LogP contribution in [0.2, 0.25) is 0 Å². The smallest absolute Gasteiger partial charge is 0.262 e. The molecule has 106 valence electrons. The van der Waals surface area contributed by atoms with Gasteiger partial charge in [0, 0.05) is 5.69 Å². The van der Waals surface area contributed by atoms with Crippen molar-refractivity contribution in [2.24, 2.45) is 0 Å². The average molecular weight is 297 g/mol. The van der Waals surface area contributed by atoms with E-state index in [-0.39, 0.29) is 10.6 Å². The Morgan fingerprint density at radius 2 is 1.40 bits per heavy atom. The molecule has 2 aromatic rings. The molecular weight excluding hydrogens is 284 g/mol. The van der Waals surface area contributed by atoms with Gasteiger partial charge in [0.05, 0.1) is 4.90 Å². The van der Waals surface area contributed by atoms with Crippen LogP contribution in [0.1, 0.15) is 11.1 Å². The van der Waals surface area contributed by atoms with E-state index in [0.717, 1.165) is 24.3 Å². The van der Waals surface area contributed by atoms with Gasteiger partial charge in [-0.3, -0.25) is 4.72 Å². The fraction of sp³-hybridized carbons (Fsp3) is 0.143. The van der Waals surface area contributed by atoms with Gasteiger partial charge in [0.25, 0.3) is 10.0 Å². The molecule has 20 heavy (non-hydrogen) atoms. The number of hydrogen-bond acceptors (Lipinski definition) is 2. The van der Waals surface area contributed by atoms with Crippen molar-refractivity contribution in [3.63, 3.8) is 0 Å². The van der Waals surface area contributed by atoms with E-state index in [1.165, 1.54) is 26.0 Å². The first-order chi connectivity index (χ1) is 9.29. The maximum Gasteiger partial charge on any atom is 0.262 e. The summed E-state index contributed by atoms with van der Waals surface area (Å²) in [5.74, 6) is -0.942. The predicted molar refractivity (Wildman–Crippen MR) is 73.1 cm³/mol. The zero-order chi connectivity index (χ0) is 14.9. The lowest BCUT2D eigenvalue weighted by Gasteiger charge is -2.13. The highest BCUT2D eigenvalue weighted by molar-refractivity contribution is 7.92. The van der Waals surface area contributed by atoms with Crippen LogP contribution in [0.3, 0.4) is 0 Å². The first-order valence-electron chi connectivity index (χ1n) is 5.85. The highest BCUT2D eigenvalue weighted by atomic mass is 32.2. The van der Waals surface area contributed by atoms with Gasteiger partial charge in [-0.05, 0) is 61.4 Å². The minimum Gasteiger partial charge on any atom is -0.280 e. The monoisotopic (exact) mass is 297 g/mol. The van der Waals surface area contributed by atoms with Crippen molar-refractivity contribution in [3.8, 4) is 0 Å². The normalized spacial score (nSPS) is 11.4. The first-order valence-corrected chi connectivity index (χ1v) is 7.33. The molecule has 0 saturated heterocycles. The Labute approximate surface area is 116 Å². The molecule has 0 heterocycles. The van der Waals surface area contributed by atoms with E-state index in [1.54, 1.807) is 0 Å². The van der Waals surface area contributed by atoms with Crippen LogP contribution in [0.15, 0.2) is 41.3 Å². The Balaban J connectivity index is 2.43. The summed E-state index contributed by atoms with van der Waals surface area (Å²) in [7, 11) is -3.84. The molecule has 0 saturated carbocycles. The van der Waals surface area contributed by atoms with Crippen molar-refractivity contribution in [1.82, 2.24) is 0 Å². The van der Waals surface area contributed by atoms with Crippen LogP contribution < -0.4 is 4.72 Å². The quantitative estimate of drug-likeness (QED) is 0.944. The van der Waals surface area contributed by atoms with Crippen molar-refractivity contribution in [2.45, 2.75) is 18.7 Å². The second-order valence-corrected chi connectivity index (χ2v) is 6.10. The number of rotatable bonds is 3. The van der Waals surface area contributed by atoms with E-state index >= 15 is 0 Å². The number of anilines is 1. The number of halogens is 2. The molecule has 0 radical (unpaired) electrons. The van der Waals surface area contributed by atoms with Crippen LogP contribution in [0, 0.1) is 25.5 Å². The minimum atomic E-state index is -3.84. The molecule has 0 spiro atoms. The second-order valence-electron chi connectivity index (χ2n) is 4.48. The molecule has 0 aliphatic heterocycles. The third-order valence-electron chi connectivity index (χ3n) is 2.79. The van der Waals surface area contributed by atoms with E-state index in [4.69, 9.17) is 0 Å². The first kappa shape index (κ1) is 14.5. The molecule has 0 unspecified atom stereocenters. The summed E-state index contributed by atoms with van der Waals surface area (Å²) in [6.07, 6.45) is 0. The molecule has 1 N–H and O–H groups in total. The van der Waals surface area contributed by atoms with Crippen molar-refractivity contribution in [3.05, 3.63) is 59.2 Å². The van der Waals surface area contributed by atoms with E-state index in [1.807, 2.05) is 0 Å². The molecule has 6 heteroatoms. The van der Waals surface area contributed by atoms with Crippen LogP contribution in [-0.2, 0) is 10.0 Å². The molecule has 0 amide bonds. The number of hydrogen-bond donors (Lipinski definition) is 1. The number of benzene rings is 2. The highest BCUT2D eigenvalue weighted by Crippen LogP contribution is 2.24. The predicted octanol–water partition coefficient (Wildman–Crippen LogP) is 3.38. The standard InChI is InChI=1S/C14H13F2NO2S/c1-9-7-12(16)8-10(2)14(9)20(18,19)17-13-5-3-11(15)4-6-13/h3-8,17H,1-2H3. The van der Waals surface area contributed by atoms with Gasteiger partial charge in [-0.2, -0.15) is 0 Å². The third-order valence-corrected chi connectivity index (χ3v) is 4.48. The van der Waals surface area contributed by atoms with Crippen molar-refractivity contribution < 1.29 is 17.2 Å². The van der Waals surface area contributed by atoms with Gasteiger partial charge in [0.1, 0.15) is 11.6 Å². The van der Waals surface area contributed by atoms with Crippen LogP contribution in [0.5, 0.6) is 0 Å². The summed E-state index contributed by atoms with van der Waals surface area (Å²) in [6.45, 7) is 3.05. The lowest BCUT2D eigenvalue weighted by Crippen LogP contribution is -2.16. The Hall–Kier alpha value is -1.95. The summed E-state index contributed by atoms with van der Waals surface area (Å²) < 4.78 is 53.0. The van der Waals surface area contributed by atoms with Crippen molar-refractivity contribution in [1.29, 1.82) is 0 Å². The number of nitrogens with one attached hydrogen (secondary N) is 1. The summed E-state index contributed by atoms with van der Waals surface area (Å²) in [4.78, 5) is 0.0308. The maximum atomic E-state index is 13.2. The zero-order valence-electron chi connectivity index (χ0n) is 10.9. The van der Waals surface area contributed by atoms with Gasteiger partial charge >= 0.3 is 0 Å². The molecule has 0 bridgehead atoms. The summed E-state index contributed by atoms with van der Waals surface area (Å²) in [5.41, 5.74) is 0.878. The number of aryl methyl sites for hydroxylation is 2. The fourth-order valence-corrected chi connectivity index (χ4v) is 3.56. The molecule has 0 atom stereocenters. The molecule has 0 aliphatic carbocycles. The Kier molecular flexibility index (Phi) is 3.76. The lowest BCUT2D eigenvalue weighted by atomic mass is 10.1. The number of sulfonamides is 1. The van der Waals surface area contributed by atoms with E-state index in [2.05, 4.69) is 4.72 Å². The summed E-state index contributed by atoms with van der Waals surface area (Å²) >= 11 is 0. The van der Waals surface area contributed by atoms with Crippen LogP contribution in [-0.4, -0.2) is 8.42 Å². The molecule has 2 rings (SSSR count). The SMILES string of the molecule is Cc1cc(F)cc(C)c1S(=O)(=O)Nc1ccc(F)cc1. The second kappa shape index (κ2) is 5.20. The Bertz CT molecular complexity index is 717. The third kappa shape index (κ3) is 2.96. The van der Waals surface area contributed by atoms with Gasteiger partial charge in [-0.15, -0.1) is 0 Å². The van der Waals surface area contributed by atoms with Crippen LogP contribution in [0.4, 0.5) is 14.5 Å². The van der Waals surface area contributed by atoms with Gasteiger partial charge in [-0.1, -0.05) is 0 Å². The molecule has 0 aliphatic rings. The van der Waals surface area contributed by atoms with Gasteiger partial charge in [0.15, 0.2) is 0 Å². The van der Waals surface area contributed by atoms with Gasteiger partial charge in [0.2, 0.25) is 0 Å². The minimum absolute atomic E-state index is 0.0308. The molecule has 3 nitrogen and oxygen atoms in total. The zero-order valence-corrected chi connectivity index (χ0v) is 11.8. The molecule has 2 aromatic carbocycles. The van der Waals surface area contributed by atoms with Crippen molar-refractivity contribution in [2.75, 3.05) is 4.72 Å². The highest BCUT2D eigenvalue weighted by Gasteiger charge is 2.20. The Morgan fingerprint density at radius 1 is 0.900 bits per heavy atom. The maximum absolute atomic E-state index is 13.2. The topological polar surface area (TPSA) is 46.2 Å². The van der Waals surface area contributed by atoms with Crippen LogP contribution >= 0.6 is 0 Å². The van der Waals surface area contributed by atoms with E-state index in [0.29, 0.717) is 11.1 Å². The summed E-state index contributed by atoms with van der Waals surface area (Å²) in [6, 6.07) is 7.27. The van der Waals surface area contributed by atoms with Gasteiger partial charge in [-0.25, -0.2) is 17.2 Å². The molecular formula is C14H13F2NO2S. The summed E-state index contributed by atoms with van der Waals surface area (Å²) in [5, 5.41) is 0. The van der Waals surface area contributed by atoms with Crippen LogP contribution in [0.25, 0.3) is 0 Å².